The molecule has 1 saturated carbocycles. The van der Waals surface area contributed by atoms with Crippen molar-refractivity contribution in [2.45, 2.75) is 43.7 Å². The number of benzene rings is 2. The summed E-state index contributed by atoms with van der Waals surface area (Å²) in [4.78, 5) is 29.0. The molecule has 1 aliphatic carbocycles. The van der Waals surface area contributed by atoms with Crippen LogP contribution in [0.25, 0.3) is 0 Å². The van der Waals surface area contributed by atoms with Crippen molar-refractivity contribution >= 4 is 11.8 Å². The van der Waals surface area contributed by atoms with Gasteiger partial charge in [0.05, 0.1) is 25.2 Å². The highest BCUT2D eigenvalue weighted by Gasteiger charge is 2.54. The molecule has 0 bridgehead atoms. The normalized spacial score (nSPS) is 24.7. The van der Waals surface area contributed by atoms with E-state index in [1.165, 1.54) is 5.56 Å². The molecule has 2 aliphatic heterocycles. The number of nitrogens with zero attached hydrogens (tertiary/aromatic N) is 2. The minimum Gasteiger partial charge on any atom is -0.394 e. The molecular weight excluding hydrogens is 400 g/mol. The lowest BCUT2D eigenvalue weighted by molar-refractivity contribution is -0.169. The van der Waals surface area contributed by atoms with Crippen molar-refractivity contribution in [3.05, 3.63) is 71.3 Å². The maximum atomic E-state index is 12.7. The van der Waals surface area contributed by atoms with Crippen LogP contribution in [0.4, 0.5) is 0 Å². The predicted octanol–water partition coefficient (Wildman–Crippen LogP) is 2.58. The van der Waals surface area contributed by atoms with E-state index >= 15 is 0 Å². The lowest BCUT2D eigenvalue weighted by Gasteiger charge is -2.59. The molecule has 2 amide bonds. The molecule has 2 heterocycles. The second kappa shape index (κ2) is 8.80. The van der Waals surface area contributed by atoms with Gasteiger partial charge in [-0.2, -0.15) is 0 Å². The minimum atomic E-state index is -0.219. The van der Waals surface area contributed by atoms with Gasteiger partial charge in [-0.1, -0.05) is 60.7 Å². The topological polar surface area (TPSA) is 60.9 Å². The summed E-state index contributed by atoms with van der Waals surface area (Å²) in [5.41, 5.74) is 3.23. The molecule has 0 aromatic heterocycles. The van der Waals surface area contributed by atoms with Crippen molar-refractivity contribution in [1.29, 1.82) is 0 Å². The summed E-state index contributed by atoms with van der Waals surface area (Å²) in [6.45, 7) is 0.633. The van der Waals surface area contributed by atoms with Crippen LogP contribution in [0, 0.1) is 17.8 Å². The number of amides is 2. The zero-order valence-electron chi connectivity index (χ0n) is 18.1. The van der Waals surface area contributed by atoms with Gasteiger partial charge in [0.15, 0.2) is 0 Å². The molecule has 32 heavy (non-hydrogen) atoms. The summed E-state index contributed by atoms with van der Waals surface area (Å²) in [6.07, 6.45) is 3.69. The molecule has 1 N–H and O–H groups in total. The van der Waals surface area contributed by atoms with Crippen LogP contribution in [-0.2, 0) is 16.0 Å². The van der Waals surface area contributed by atoms with Gasteiger partial charge < -0.3 is 14.9 Å². The van der Waals surface area contributed by atoms with Crippen molar-refractivity contribution in [2.24, 2.45) is 5.92 Å². The minimum absolute atomic E-state index is 0.0345. The number of aliphatic hydroxyl groups excluding tert-OH is 1. The second-order valence-electron chi connectivity index (χ2n) is 9.08. The Morgan fingerprint density at radius 1 is 1.06 bits per heavy atom. The number of carbonyl (C=O) groups excluding carboxylic acids is 2. The van der Waals surface area contributed by atoms with E-state index in [1.807, 2.05) is 42.5 Å². The first-order chi connectivity index (χ1) is 15.7. The Balaban J connectivity index is 1.29. The van der Waals surface area contributed by atoms with Gasteiger partial charge in [-0.3, -0.25) is 9.59 Å². The van der Waals surface area contributed by atoms with Crippen LogP contribution in [0.15, 0.2) is 54.6 Å². The summed E-state index contributed by atoms with van der Waals surface area (Å²) in [5, 5.41) is 9.97. The van der Waals surface area contributed by atoms with Gasteiger partial charge in [0, 0.05) is 30.4 Å². The summed E-state index contributed by atoms with van der Waals surface area (Å²) in [7, 11) is 0. The van der Waals surface area contributed by atoms with Gasteiger partial charge in [0.1, 0.15) is 0 Å². The first-order valence-electron chi connectivity index (χ1n) is 11.5. The van der Waals surface area contributed by atoms with E-state index in [9.17, 15) is 14.7 Å². The molecule has 3 aliphatic rings. The Labute approximate surface area is 189 Å². The third-order valence-corrected chi connectivity index (χ3v) is 7.18. The van der Waals surface area contributed by atoms with Crippen LogP contribution in [0.1, 0.15) is 41.9 Å². The molecule has 3 fully saturated rings. The lowest BCUT2D eigenvalue weighted by Crippen LogP contribution is -2.73. The molecule has 5 nitrogen and oxygen atoms in total. The monoisotopic (exact) mass is 428 g/mol. The van der Waals surface area contributed by atoms with Crippen molar-refractivity contribution < 1.29 is 14.7 Å². The standard InChI is InChI=1S/C27H28N2O3/c30-18-24-26(23-16-28(17-25(31)29(23)24)27(32)22-10-5-11-22)21-14-12-20(13-15-21)9-4-8-19-6-2-1-3-7-19/h1-3,6-7,12-15,22-24,26,30H,5,8,10-11,16-18H2/t23-,24-,26+/m1/s1. The van der Waals surface area contributed by atoms with E-state index in [2.05, 4.69) is 24.0 Å². The van der Waals surface area contributed by atoms with E-state index in [-0.39, 0.29) is 48.9 Å². The number of carbonyl (C=O) groups is 2. The zero-order chi connectivity index (χ0) is 22.1. The Bertz CT molecular complexity index is 1050. The zero-order valence-corrected chi connectivity index (χ0v) is 18.1. The van der Waals surface area contributed by atoms with E-state index in [0.717, 1.165) is 30.4 Å². The van der Waals surface area contributed by atoms with Crippen LogP contribution >= 0.6 is 0 Å². The molecule has 3 atom stereocenters. The molecule has 5 heteroatoms. The fourth-order valence-corrected chi connectivity index (χ4v) is 5.21. The fourth-order valence-electron chi connectivity index (χ4n) is 5.21. The largest absolute Gasteiger partial charge is 0.394 e. The first-order valence-corrected chi connectivity index (χ1v) is 11.5. The van der Waals surface area contributed by atoms with Crippen LogP contribution < -0.4 is 0 Å². The highest BCUT2D eigenvalue weighted by atomic mass is 16.3. The smallest absolute Gasteiger partial charge is 0.242 e. The number of fused-ring (bicyclic) bond motifs is 1. The predicted molar refractivity (Wildman–Crippen MR) is 122 cm³/mol. The Morgan fingerprint density at radius 2 is 1.81 bits per heavy atom. The highest BCUT2D eigenvalue weighted by molar-refractivity contribution is 5.89. The molecule has 2 saturated heterocycles. The van der Waals surface area contributed by atoms with E-state index in [0.29, 0.717) is 13.0 Å². The molecule has 2 aromatic rings. The molecule has 0 unspecified atom stereocenters. The van der Waals surface area contributed by atoms with Crippen molar-refractivity contribution in [3.8, 4) is 11.8 Å². The fraction of sp³-hybridized carbons (Fsp3) is 0.407. The second-order valence-corrected chi connectivity index (χ2v) is 9.08. The number of hydrogen-bond acceptors (Lipinski definition) is 3. The Morgan fingerprint density at radius 3 is 2.47 bits per heavy atom. The van der Waals surface area contributed by atoms with Crippen LogP contribution in [-0.4, -0.2) is 58.5 Å². The molecule has 2 aromatic carbocycles. The summed E-state index contributed by atoms with van der Waals surface area (Å²) in [6, 6.07) is 18.0. The van der Waals surface area contributed by atoms with Crippen LogP contribution in [0.3, 0.4) is 0 Å². The van der Waals surface area contributed by atoms with E-state index in [4.69, 9.17) is 0 Å². The van der Waals surface area contributed by atoms with Gasteiger partial charge in [-0.25, -0.2) is 0 Å². The highest BCUT2D eigenvalue weighted by Crippen LogP contribution is 2.43. The Hall–Kier alpha value is -3.10. The SMILES string of the molecule is O=C(C1CCC1)N1CC(=O)N2[C@H](CO)[C@@H](c3ccc(C#CCc4ccccc4)cc3)[C@H]2C1. The van der Waals surface area contributed by atoms with Gasteiger partial charge in [-0.15, -0.1) is 0 Å². The average Bonchev–Trinajstić information content (AvgIpc) is 2.75. The number of hydrogen-bond donors (Lipinski definition) is 1. The first kappa shape index (κ1) is 20.8. The molecule has 0 radical (unpaired) electrons. The third-order valence-electron chi connectivity index (χ3n) is 7.18. The molecular formula is C27H28N2O3. The summed E-state index contributed by atoms with van der Waals surface area (Å²) >= 11 is 0. The van der Waals surface area contributed by atoms with Crippen LogP contribution in [0.2, 0.25) is 0 Å². The molecule has 5 rings (SSSR count). The van der Waals surface area contributed by atoms with Crippen molar-refractivity contribution in [1.82, 2.24) is 9.80 Å². The van der Waals surface area contributed by atoms with E-state index in [1.54, 1.807) is 9.80 Å². The summed E-state index contributed by atoms with van der Waals surface area (Å²) < 4.78 is 0. The van der Waals surface area contributed by atoms with Gasteiger partial charge in [-0.05, 0) is 36.1 Å². The van der Waals surface area contributed by atoms with Gasteiger partial charge in [0.25, 0.3) is 0 Å². The molecule has 164 valence electrons. The van der Waals surface area contributed by atoms with Gasteiger partial charge in [0.2, 0.25) is 11.8 Å². The van der Waals surface area contributed by atoms with Crippen molar-refractivity contribution in [3.63, 3.8) is 0 Å². The lowest BCUT2D eigenvalue weighted by atomic mass is 9.73. The quantitative estimate of drug-likeness (QED) is 0.762. The van der Waals surface area contributed by atoms with Crippen LogP contribution in [0.5, 0.6) is 0 Å². The number of piperazine rings is 1. The van der Waals surface area contributed by atoms with Gasteiger partial charge >= 0.3 is 0 Å². The summed E-state index contributed by atoms with van der Waals surface area (Å²) in [5.74, 6) is 6.64. The number of rotatable bonds is 4. The average molecular weight is 429 g/mol. The maximum absolute atomic E-state index is 12.7. The third kappa shape index (κ3) is 3.80. The van der Waals surface area contributed by atoms with Crippen molar-refractivity contribution in [2.75, 3.05) is 19.7 Å². The Kier molecular flexibility index (Phi) is 5.71. The maximum Gasteiger partial charge on any atom is 0.242 e. The number of aliphatic hydroxyl groups is 1. The molecule has 0 spiro atoms. The van der Waals surface area contributed by atoms with E-state index < -0.39 is 0 Å².